The van der Waals surface area contributed by atoms with E-state index in [1.54, 1.807) is 12.1 Å². The van der Waals surface area contributed by atoms with Crippen LogP contribution in [0.2, 0.25) is 0 Å². The molecule has 0 spiro atoms. The summed E-state index contributed by atoms with van der Waals surface area (Å²) in [5.41, 5.74) is 5.71. The molecule has 0 aliphatic carbocycles. The summed E-state index contributed by atoms with van der Waals surface area (Å²) in [7, 11) is 1.95. The first kappa shape index (κ1) is 15.0. The Bertz CT molecular complexity index is 1860. The molecule has 0 unspecified atom stereocenters. The van der Waals surface area contributed by atoms with Crippen molar-refractivity contribution in [3.63, 3.8) is 0 Å². The third kappa shape index (κ3) is 3.22. The van der Waals surface area contributed by atoms with Gasteiger partial charge in [-0.05, 0) is 30.0 Å². The van der Waals surface area contributed by atoms with Crippen molar-refractivity contribution in [2.24, 2.45) is 7.05 Å². The molecule has 0 fully saturated rings. The van der Waals surface area contributed by atoms with Gasteiger partial charge in [-0.25, -0.2) is 4.85 Å². The zero-order valence-electron chi connectivity index (χ0n) is 25.3. The molecule has 0 amide bonds. The third-order valence-corrected chi connectivity index (χ3v) is 6.32. The van der Waals surface area contributed by atoms with Crippen molar-refractivity contribution in [3.8, 4) is 22.4 Å². The van der Waals surface area contributed by atoms with Crippen LogP contribution in [0.25, 0.3) is 49.2 Å². The molecule has 5 aromatic rings. The number of hydrogen-bond donors (Lipinski definition) is 0. The summed E-state index contributed by atoms with van der Waals surface area (Å²) in [5.74, 6) is -0.768. The van der Waals surface area contributed by atoms with Crippen LogP contribution < -0.4 is 4.57 Å². The molecule has 0 saturated carbocycles. The molecular weight excluding hydrogens is 404 g/mol. The number of aryl methyl sites for hydroxylation is 1. The molecule has 0 bridgehead atoms. The topological polar surface area (TPSA) is 21.4 Å². The van der Waals surface area contributed by atoms with E-state index in [1.807, 2.05) is 63.6 Å². The third-order valence-electron chi connectivity index (χ3n) is 6.32. The lowest BCUT2D eigenvalue weighted by Crippen LogP contribution is -2.36. The van der Waals surface area contributed by atoms with Gasteiger partial charge in [-0.3, -0.25) is 0 Å². The second-order valence-electron chi connectivity index (χ2n) is 8.46. The Kier molecular flexibility index (Phi) is 3.60. The molecule has 3 aromatic carbocycles. The highest BCUT2D eigenvalue weighted by molar-refractivity contribution is 6.15. The number of hydrogen-bond acceptors (Lipinski definition) is 1. The van der Waals surface area contributed by atoms with E-state index in [9.17, 15) is 0 Å². The van der Waals surface area contributed by atoms with Gasteiger partial charge in [-0.15, -0.1) is 0 Å². The van der Waals surface area contributed by atoms with Crippen molar-refractivity contribution in [3.05, 3.63) is 94.8 Å². The first-order valence-electron chi connectivity index (χ1n) is 13.7. The Labute approximate surface area is 203 Å². The fourth-order valence-electron chi connectivity index (χ4n) is 4.56. The van der Waals surface area contributed by atoms with Crippen molar-refractivity contribution in [2.75, 3.05) is 0 Å². The van der Waals surface area contributed by atoms with Gasteiger partial charge in [0.15, 0.2) is 11.4 Å². The maximum absolute atomic E-state index is 8.55. The Morgan fingerprint density at radius 1 is 0.939 bits per heavy atom. The van der Waals surface area contributed by atoms with Crippen LogP contribution in [0.1, 0.15) is 44.8 Å². The number of fused-ring (bicyclic) bond motifs is 3. The number of pyridine rings is 1. The lowest BCUT2D eigenvalue weighted by atomic mass is 9.96. The molecule has 2 aromatic heterocycles. The van der Waals surface area contributed by atoms with Crippen molar-refractivity contribution in [1.29, 1.82) is 0 Å². The van der Waals surface area contributed by atoms with E-state index in [1.165, 1.54) is 0 Å². The highest BCUT2D eigenvalue weighted by atomic mass is 16.3. The maximum atomic E-state index is 8.55. The van der Waals surface area contributed by atoms with Crippen LogP contribution >= 0.6 is 0 Å². The van der Waals surface area contributed by atoms with E-state index in [0.717, 1.165) is 33.5 Å². The molecule has 0 radical (unpaired) electrons. The standard InChI is InChI=1S/C30H27N2O/c1-18(2)22-15-17-26(32(6)20(22)4)27-19(3)12-13-23-24-14-16-25(31-5)28(30(24)33-29(23)27)21-10-8-7-9-11-21/h7-18H,1-4,6H3/q+1/i7D,8D,9D,10D,11D,18D. The highest BCUT2D eigenvalue weighted by Crippen LogP contribution is 2.44. The molecule has 0 aliphatic rings. The second kappa shape index (κ2) is 7.90. The molecule has 3 heteroatoms. The SMILES string of the molecule is [2H]c1c([2H])c([2H])c(-c2c([N+]#[C-])ccc3c2oc2c(-c4ccc(C([2H])(C)C)c(C)[n+]4C)c(C)ccc23)c([2H])c1[2H]. The minimum absolute atomic E-state index is 0.0571. The first-order chi connectivity index (χ1) is 18.3. The van der Waals surface area contributed by atoms with Crippen molar-refractivity contribution in [2.45, 2.75) is 33.6 Å². The van der Waals surface area contributed by atoms with Crippen molar-refractivity contribution < 1.29 is 17.2 Å². The largest absolute Gasteiger partial charge is 0.456 e. The summed E-state index contributed by atoms with van der Waals surface area (Å²) in [4.78, 5) is 3.62. The minimum atomic E-state index is -0.768. The van der Waals surface area contributed by atoms with Gasteiger partial charge in [0.2, 0.25) is 5.69 Å². The summed E-state index contributed by atoms with van der Waals surface area (Å²) in [5, 5.41) is 1.47. The Morgan fingerprint density at radius 2 is 1.61 bits per heavy atom. The summed E-state index contributed by atoms with van der Waals surface area (Å²) in [6.07, 6.45) is 0. The van der Waals surface area contributed by atoms with Gasteiger partial charge in [0, 0.05) is 36.3 Å². The van der Waals surface area contributed by atoms with Gasteiger partial charge in [0.1, 0.15) is 18.2 Å². The Hall–Kier alpha value is -3.90. The lowest BCUT2D eigenvalue weighted by molar-refractivity contribution is -0.667. The van der Waals surface area contributed by atoms with Gasteiger partial charge in [-0.2, -0.15) is 4.57 Å². The zero-order valence-corrected chi connectivity index (χ0v) is 19.3. The fraction of sp³-hybridized carbons (Fsp3) is 0.200. The Balaban J connectivity index is 1.92. The summed E-state index contributed by atoms with van der Waals surface area (Å²) >= 11 is 0. The monoisotopic (exact) mass is 437 g/mol. The number of aromatic nitrogens is 1. The maximum Gasteiger partial charge on any atom is 0.216 e. The smallest absolute Gasteiger partial charge is 0.216 e. The second-order valence-corrected chi connectivity index (χ2v) is 8.46. The van der Waals surface area contributed by atoms with Gasteiger partial charge >= 0.3 is 0 Å². The first-order valence-corrected chi connectivity index (χ1v) is 10.7. The molecule has 162 valence electrons. The zero-order chi connectivity index (χ0) is 28.5. The van der Waals surface area contributed by atoms with Crippen LogP contribution in [-0.4, -0.2) is 0 Å². The van der Waals surface area contributed by atoms with E-state index >= 15 is 0 Å². The van der Waals surface area contributed by atoms with Crippen LogP contribution in [-0.2, 0) is 7.05 Å². The number of benzene rings is 3. The average molecular weight is 438 g/mol. The summed E-state index contributed by atoms with van der Waals surface area (Å²) in [6, 6.07) is 9.08. The van der Waals surface area contributed by atoms with Gasteiger partial charge < -0.3 is 4.42 Å². The van der Waals surface area contributed by atoms with Crippen LogP contribution in [0.15, 0.2) is 71.0 Å². The highest BCUT2D eigenvalue weighted by Gasteiger charge is 2.25. The quantitative estimate of drug-likeness (QED) is 0.207. The van der Waals surface area contributed by atoms with Crippen LogP contribution in [0.3, 0.4) is 0 Å². The molecular formula is C30H27N2O+. The van der Waals surface area contributed by atoms with E-state index in [-0.39, 0.29) is 28.9 Å². The number of rotatable bonds is 3. The number of furan rings is 1. The van der Waals surface area contributed by atoms with Gasteiger partial charge in [-0.1, -0.05) is 68.3 Å². The van der Waals surface area contributed by atoms with Gasteiger partial charge in [0.25, 0.3) is 0 Å². The minimum Gasteiger partial charge on any atom is -0.456 e. The summed E-state index contributed by atoms with van der Waals surface area (Å²) < 4.78 is 58.5. The van der Waals surface area contributed by atoms with E-state index in [2.05, 4.69) is 4.85 Å². The van der Waals surface area contributed by atoms with E-state index in [4.69, 9.17) is 19.2 Å². The Morgan fingerprint density at radius 3 is 2.27 bits per heavy atom. The predicted molar refractivity (Wildman–Crippen MR) is 136 cm³/mol. The normalized spacial score (nSPS) is 14.3. The van der Waals surface area contributed by atoms with Crippen LogP contribution in [0, 0.1) is 20.4 Å². The molecule has 2 heterocycles. The summed E-state index contributed by atoms with van der Waals surface area (Å²) in [6.45, 7) is 15.5. The fourth-order valence-corrected chi connectivity index (χ4v) is 4.56. The molecule has 0 aliphatic heterocycles. The van der Waals surface area contributed by atoms with Crippen LogP contribution in [0.5, 0.6) is 0 Å². The predicted octanol–water partition coefficient (Wildman–Crippen LogP) is 8.04. The number of nitrogens with zero attached hydrogens (tertiary/aromatic N) is 2. The molecule has 5 rings (SSSR count). The van der Waals surface area contributed by atoms with Gasteiger partial charge in [0.05, 0.1) is 19.0 Å². The molecule has 0 N–H and O–H groups in total. The van der Waals surface area contributed by atoms with E-state index in [0.29, 0.717) is 16.6 Å². The molecule has 33 heavy (non-hydrogen) atoms. The molecule has 0 saturated heterocycles. The van der Waals surface area contributed by atoms with Crippen LogP contribution in [0.4, 0.5) is 5.69 Å². The lowest BCUT2D eigenvalue weighted by Gasteiger charge is -2.11. The van der Waals surface area contributed by atoms with Crippen molar-refractivity contribution >= 4 is 27.6 Å². The average Bonchev–Trinajstić information content (AvgIpc) is 3.26. The molecule has 3 nitrogen and oxygen atoms in total. The van der Waals surface area contributed by atoms with Crippen molar-refractivity contribution in [1.82, 2.24) is 0 Å². The molecule has 0 atom stereocenters. The van der Waals surface area contributed by atoms with E-state index < -0.39 is 24.0 Å².